The lowest BCUT2D eigenvalue weighted by atomic mass is 9.98. The Bertz CT molecular complexity index is 2930. The number of hydrogen-bond acceptors (Lipinski definition) is 2. The first kappa shape index (κ1) is 35.6. The second-order valence-electron chi connectivity index (χ2n) is 14.5. The maximum atomic E-state index is 14.3. The van der Waals surface area contributed by atoms with E-state index in [4.69, 9.17) is 0 Å². The van der Waals surface area contributed by atoms with E-state index in [9.17, 15) is 8.78 Å². The molecule has 10 aromatic rings. The zero-order valence-electron chi connectivity index (χ0n) is 32.0. The van der Waals surface area contributed by atoms with E-state index >= 15 is 0 Å². The number of halogens is 2. The maximum Gasteiger partial charge on any atom is 0.123 e. The lowest BCUT2D eigenvalue weighted by Crippen LogP contribution is -2.13. The molecule has 59 heavy (non-hydrogen) atoms. The van der Waals surface area contributed by atoms with Gasteiger partial charge in [-0.15, -0.1) is 0 Å². The van der Waals surface area contributed by atoms with Crippen molar-refractivity contribution in [2.45, 2.75) is 0 Å². The van der Waals surface area contributed by atoms with E-state index < -0.39 is 0 Å². The minimum atomic E-state index is -0.302. The van der Waals surface area contributed by atoms with Crippen molar-refractivity contribution in [3.05, 3.63) is 236 Å². The molecule has 5 heteroatoms. The first-order valence-electron chi connectivity index (χ1n) is 19.6. The number of aromatic nitrogens is 1. The van der Waals surface area contributed by atoms with Gasteiger partial charge in [0.25, 0.3) is 0 Å². The predicted molar refractivity (Wildman–Crippen MR) is 241 cm³/mol. The number of hydrogen-bond donors (Lipinski definition) is 0. The van der Waals surface area contributed by atoms with Crippen LogP contribution in [0.4, 0.5) is 42.9 Å². The normalized spacial score (nSPS) is 11.2. The number of fused-ring (bicyclic) bond motifs is 3. The molecule has 0 N–H and O–H groups in total. The molecule has 0 spiro atoms. The fourth-order valence-corrected chi connectivity index (χ4v) is 8.11. The Kier molecular flexibility index (Phi) is 9.24. The van der Waals surface area contributed by atoms with Gasteiger partial charge in [0.05, 0.1) is 11.0 Å². The number of rotatable bonds is 9. The van der Waals surface area contributed by atoms with Crippen LogP contribution in [0.3, 0.4) is 0 Å². The summed E-state index contributed by atoms with van der Waals surface area (Å²) in [5.41, 5.74) is 13.0. The van der Waals surface area contributed by atoms with Crippen molar-refractivity contribution in [2.24, 2.45) is 0 Å². The van der Waals surface area contributed by atoms with Crippen molar-refractivity contribution in [3.8, 4) is 27.9 Å². The third kappa shape index (κ3) is 6.89. The van der Waals surface area contributed by atoms with Crippen LogP contribution in [-0.2, 0) is 0 Å². The van der Waals surface area contributed by atoms with Gasteiger partial charge in [0, 0.05) is 50.6 Å². The summed E-state index contributed by atoms with van der Waals surface area (Å²) in [7, 11) is 0. The van der Waals surface area contributed by atoms with Crippen LogP contribution in [0.15, 0.2) is 224 Å². The third-order valence-electron chi connectivity index (χ3n) is 10.9. The molecule has 3 nitrogen and oxygen atoms in total. The van der Waals surface area contributed by atoms with Crippen LogP contribution in [0.1, 0.15) is 0 Å². The summed E-state index contributed by atoms with van der Waals surface area (Å²) < 4.78 is 31.0. The molecule has 0 aliphatic rings. The zero-order chi connectivity index (χ0) is 39.7. The summed E-state index contributed by atoms with van der Waals surface area (Å²) in [6.45, 7) is 0. The molecule has 0 aliphatic heterocycles. The molecule has 1 heterocycles. The van der Waals surface area contributed by atoms with Gasteiger partial charge < -0.3 is 14.4 Å². The second-order valence-corrected chi connectivity index (χ2v) is 14.5. The van der Waals surface area contributed by atoms with Gasteiger partial charge in [-0.1, -0.05) is 103 Å². The molecule has 0 saturated heterocycles. The van der Waals surface area contributed by atoms with Crippen LogP contribution in [-0.4, -0.2) is 4.57 Å². The molecule has 0 atom stereocenters. The average molecular weight is 766 g/mol. The Hall–Kier alpha value is -7.76. The van der Waals surface area contributed by atoms with E-state index in [0.29, 0.717) is 0 Å². The van der Waals surface area contributed by atoms with E-state index in [0.717, 1.165) is 67.6 Å². The standard InChI is InChI=1S/C54H37F2N3/c55-42-25-29-47(30-26-42)57(44-12-4-1-5-13-44)49-34-41(35-50(37-49)58(45-14-6-2-7-15-45)48-31-27-43(56)28-32-48)39-22-20-38(21-23-39)40-24-33-54-52(36-40)51-18-10-11-19-53(51)59(54)46-16-8-3-9-17-46/h1-37H. The molecule has 282 valence electrons. The van der Waals surface area contributed by atoms with Gasteiger partial charge in [-0.25, -0.2) is 8.78 Å². The molecule has 0 fully saturated rings. The summed E-state index contributed by atoms with van der Waals surface area (Å²) in [5.74, 6) is -0.604. The summed E-state index contributed by atoms with van der Waals surface area (Å²) in [5, 5.41) is 2.41. The molecule has 1 aromatic heterocycles. The Balaban J connectivity index is 1.12. The monoisotopic (exact) mass is 765 g/mol. The summed E-state index contributed by atoms with van der Waals surface area (Å²) in [6, 6.07) is 74.3. The van der Waals surface area contributed by atoms with Crippen LogP contribution < -0.4 is 9.80 Å². The van der Waals surface area contributed by atoms with Gasteiger partial charge in [0.15, 0.2) is 0 Å². The van der Waals surface area contributed by atoms with Crippen molar-refractivity contribution in [3.63, 3.8) is 0 Å². The van der Waals surface area contributed by atoms with Crippen molar-refractivity contribution < 1.29 is 8.78 Å². The second kappa shape index (κ2) is 15.3. The van der Waals surface area contributed by atoms with E-state index in [-0.39, 0.29) is 11.6 Å². The Labute approximate surface area is 341 Å². The number of para-hydroxylation sites is 4. The maximum absolute atomic E-state index is 14.3. The van der Waals surface area contributed by atoms with Crippen molar-refractivity contribution in [2.75, 3.05) is 9.80 Å². The Morgan fingerprint density at radius 2 is 0.712 bits per heavy atom. The van der Waals surface area contributed by atoms with Gasteiger partial charge in [-0.3, -0.25) is 0 Å². The minimum Gasteiger partial charge on any atom is -0.310 e. The molecule has 0 bridgehead atoms. The summed E-state index contributed by atoms with van der Waals surface area (Å²) in [4.78, 5) is 4.27. The highest BCUT2D eigenvalue weighted by molar-refractivity contribution is 6.10. The summed E-state index contributed by atoms with van der Waals surface area (Å²) in [6.07, 6.45) is 0. The molecular weight excluding hydrogens is 729 g/mol. The van der Waals surface area contributed by atoms with Crippen LogP contribution in [0.25, 0.3) is 49.7 Å². The van der Waals surface area contributed by atoms with Crippen LogP contribution in [0.5, 0.6) is 0 Å². The minimum absolute atomic E-state index is 0.302. The first-order valence-corrected chi connectivity index (χ1v) is 19.6. The lowest BCUT2D eigenvalue weighted by molar-refractivity contribution is 0.627. The molecule has 10 rings (SSSR count). The van der Waals surface area contributed by atoms with Crippen LogP contribution in [0, 0.1) is 11.6 Å². The average Bonchev–Trinajstić information content (AvgIpc) is 3.63. The topological polar surface area (TPSA) is 11.4 Å². The Morgan fingerprint density at radius 3 is 1.25 bits per heavy atom. The van der Waals surface area contributed by atoms with Gasteiger partial charge >= 0.3 is 0 Å². The summed E-state index contributed by atoms with van der Waals surface area (Å²) >= 11 is 0. The number of benzene rings is 9. The molecule has 0 radical (unpaired) electrons. The van der Waals surface area contributed by atoms with Gasteiger partial charge in [0.1, 0.15) is 11.6 Å². The highest BCUT2D eigenvalue weighted by Crippen LogP contribution is 2.44. The molecule has 0 aliphatic carbocycles. The quantitative estimate of drug-likeness (QED) is 0.145. The van der Waals surface area contributed by atoms with E-state index in [1.807, 2.05) is 66.7 Å². The van der Waals surface area contributed by atoms with E-state index in [1.165, 1.54) is 40.6 Å². The smallest absolute Gasteiger partial charge is 0.123 e. The van der Waals surface area contributed by atoms with Crippen molar-refractivity contribution in [1.82, 2.24) is 4.57 Å². The number of anilines is 6. The molecule has 9 aromatic carbocycles. The van der Waals surface area contributed by atoms with E-state index in [1.54, 1.807) is 24.3 Å². The fraction of sp³-hybridized carbons (Fsp3) is 0. The fourth-order valence-electron chi connectivity index (χ4n) is 8.11. The highest BCUT2D eigenvalue weighted by Gasteiger charge is 2.20. The van der Waals surface area contributed by atoms with Crippen LogP contribution in [0.2, 0.25) is 0 Å². The highest BCUT2D eigenvalue weighted by atomic mass is 19.1. The third-order valence-corrected chi connectivity index (χ3v) is 10.9. The molecule has 0 unspecified atom stereocenters. The lowest BCUT2D eigenvalue weighted by Gasteiger charge is -2.30. The van der Waals surface area contributed by atoms with Gasteiger partial charge in [-0.05, 0) is 144 Å². The van der Waals surface area contributed by atoms with Gasteiger partial charge in [0.2, 0.25) is 0 Å². The van der Waals surface area contributed by atoms with Gasteiger partial charge in [-0.2, -0.15) is 0 Å². The largest absolute Gasteiger partial charge is 0.310 e. The van der Waals surface area contributed by atoms with Crippen molar-refractivity contribution >= 4 is 55.9 Å². The predicted octanol–water partition coefficient (Wildman–Crippen LogP) is 15.3. The number of nitrogens with zero attached hydrogens (tertiary/aromatic N) is 3. The van der Waals surface area contributed by atoms with E-state index in [2.05, 4.69) is 124 Å². The molecule has 0 amide bonds. The Morgan fingerprint density at radius 1 is 0.288 bits per heavy atom. The zero-order valence-corrected chi connectivity index (χ0v) is 32.0. The molecule has 0 saturated carbocycles. The van der Waals surface area contributed by atoms with Crippen molar-refractivity contribution in [1.29, 1.82) is 0 Å². The first-order chi connectivity index (χ1) is 29.1. The van der Waals surface area contributed by atoms with Crippen LogP contribution >= 0.6 is 0 Å². The molecular formula is C54H37F2N3. The SMILES string of the molecule is Fc1ccc(N(c2ccccc2)c2cc(-c3ccc(-c4ccc5c(c4)c4ccccc4n5-c4ccccc4)cc3)cc(N(c3ccccc3)c3ccc(F)cc3)c2)cc1.